The van der Waals surface area contributed by atoms with Gasteiger partial charge in [-0.05, 0) is 42.0 Å². The number of rotatable bonds is 3. The summed E-state index contributed by atoms with van der Waals surface area (Å²) in [5.41, 5.74) is 1.77. The van der Waals surface area contributed by atoms with Crippen LogP contribution in [0.4, 0.5) is 10.1 Å². The Balaban J connectivity index is 2.02. The lowest BCUT2D eigenvalue weighted by molar-refractivity contribution is 0.626. The quantitative estimate of drug-likeness (QED) is 0.849. The molecular weight excluding hydrogens is 260 g/mol. The number of benzene rings is 2. The smallest absolute Gasteiger partial charge is 0.142 e. The first-order valence-corrected chi connectivity index (χ1v) is 5.84. The van der Waals surface area contributed by atoms with Crippen LogP contribution in [0.1, 0.15) is 5.56 Å². The average Bonchev–Trinajstić information content (AvgIpc) is 2.33. The van der Waals surface area contributed by atoms with Crippen molar-refractivity contribution in [3.05, 3.63) is 63.9 Å². The van der Waals surface area contributed by atoms with Gasteiger partial charge in [0, 0.05) is 17.3 Å². The van der Waals surface area contributed by atoms with Crippen molar-refractivity contribution in [1.29, 1.82) is 0 Å². The Morgan fingerprint density at radius 1 is 1.00 bits per heavy atom. The molecule has 0 bridgehead atoms. The number of hydrogen-bond donors (Lipinski definition) is 1. The Kier molecular flexibility index (Phi) is 3.87. The lowest BCUT2D eigenvalue weighted by atomic mass is 10.2. The minimum atomic E-state index is -0.401. The van der Waals surface area contributed by atoms with E-state index in [1.165, 1.54) is 6.07 Å². The molecule has 0 aliphatic heterocycles. The predicted octanol–water partition coefficient (Wildman–Crippen LogP) is 4.74. The number of nitrogens with one attached hydrogen (secondary N) is 1. The largest absolute Gasteiger partial charge is 0.381 e. The van der Waals surface area contributed by atoms with Crippen LogP contribution in [-0.4, -0.2) is 0 Å². The van der Waals surface area contributed by atoms with Crippen molar-refractivity contribution < 1.29 is 4.39 Å². The zero-order valence-corrected chi connectivity index (χ0v) is 10.4. The van der Waals surface area contributed by atoms with Crippen LogP contribution in [0.3, 0.4) is 0 Å². The summed E-state index contributed by atoms with van der Waals surface area (Å²) in [4.78, 5) is 0. The lowest BCUT2D eigenvalue weighted by Crippen LogP contribution is -1.99. The first-order chi connectivity index (χ1) is 8.15. The van der Waals surface area contributed by atoms with Crippen molar-refractivity contribution in [3.63, 3.8) is 0 Å². The Labute approximate surface area is 109 Å². The highest BCUT2D eigenvalue weighted by Gasteiger charge is 2.00. The molecule has 2 aromatic rings. The van der Waals surface area contributed by atoms with E-state index in [2.05, 4.69) is 5.32 Å². The third-order valence-electron chi connectivity index (χ3n) is 2.32. The fourth-order valence-electron chi connectivity index (χ4n) is 1.42. The first kappa shape index (κ1) is 12.2. The molecule has 0 unspecified atom stereocenters. The summed E-state index contributed by atoms with van der Waals surface area (Å²) in [6, 6.07) is 12.1. The van der Waals surface area contributed by atoms with Crippen LogP contribution >= 0.6 is 23.2 Å². The number of hydrogen-bond acceptors (Lipinski definition) is 1. The molecule has 0 radical (unpaired) electrons. The summed E-state index contributed by atoms with van der Waals surface area (Å²) < 4.78 is 13.2. The van der Waals surface area contributed by atoms with Gasteiger partial charge in [-0.1, -0.05) is 29.3 Å². The molecule has 0 aliphatic carbocycles. The molecule has 0 saturated carbocycles. The topological polar surface area (TPSA) is 12.0 Å². The van der Waals surface area contributed by atoms with E-state index in [-0.39, 0.29) is 5.02 Å². The average molecular weight is 270 g/mol. The number of halogens is 3. The summed E-state index contributed by atoms with van der Waals surface area (Å²) in [6.07, 6.45) is 0. The maximum Gasteiger partial charge on any atom is 0.142 e. The second kappa shape index (κ2) is 5.39. The van der Waals surface area contributed by atoms with Gasteiger partial charge < -0.3 is 5.32 Å². The molecule has 0 fully saturated rings. The van der Waals surface area contributed by atoms with Gasteiger partial charge in [0.1, 0.15) is 5.82 Å². The fraction of sp³-hybridized carbons (Fsp3) is 0.0769. The molecule has 2 rings (SSSR count). The zero-order valence-electron chi connectivity index (χ0n) is 8.88. The fourth-order valence-corrected chi connectivity index (χ4v) is 1.66. The molecule has 0 heterocycles. The van der Waals surface area contributed by atoms with Gasteiger partial charge in [-0.3, -0.25) is 0 Å². The van der Waals surface area contributed by atoms with Gasteiger partial charge in [0.25, 0.3) is 0 Å². The van der Waals surface area contributed by atoms with Crippen LogP contribution in [0.5, 0.6) is 0 Å². The molecule has 0 atom stereocenters. The molecule has 2 aromatic carbocycles. The van der Waals surface area contributed by atoms with Gasteiger partial charge in [-0.25, -0.2) is 4.39 Å². The third kappa shape index (κ3) is 3.35. The molecule has 0 aliphatic rings. The minimum absolute atomic E-state index is 0.139. The SMILES string of the molecule is Fc1cc(CNc2ccc(Cl)cc2)ccc1Cl. The predicted molar refractivity (Wildman–Crippen MR) is 70.2 cm³/mol. The highest BCUT2D eigenvalue weighted by Crippen LogP contribution is 2.17. The Morgan fingerprint density at radius 3 is 2.35 bits per heavy atom. The van der Waals surface area contributed by atoms with Crippen LogP contribution in [0, 0.1) is 5.82 Å². The van der Waals surface area contributed by atoms with E-state index in [9.17, 15) is 4.39 Å². The van der Waals surface area contributed by atoms with Crippen LogP contribution in [-0.2, 0) is 6.54 Å². The van der Waals surface area contributed by atoms with E-state index < -0.39 is 5.82 Å². The van der Waals surface area contributed by atoms with Crippen molar-refractivity contribution >= 4 is 28.9 Å². The van der Waals surface area contributed by atoms with Gasteiger partial charge in [0.05, 0.1) is 5.02 Å². The van der Waals surface area contributed by atoms with Crippen molar-refractivity contribution in [2.75, 3.05) is 5.32 Å². The second-order valence-electron chi connectivity index (χ2n) is 3.61. The van der Waals surface area contributed by atoms with Crippen LogP contribution < -0.4 is 5.32 Å². The summed E-state index contributed by atoms with van der Waals surface area (Å²) in [7, 11) is 0. The molecule has 88 valence electrons. The molecule has 0 saturated heterocycles. The van der Waals surface area contributed by atoms with Crippen LogP contribution in [0.25, 0.3) is 0 Å². The monoisotopic (exact) mass is 269 g/mol. The minimum Gasteiger partial charge on any atom is -0.381 e. The molecule has 1 N–H and O–H groups in total. The molecule has 0 aromatic heterocycles. The molecule has 4 heteroatoms. The molecule has 17 heavy (non-hydrogen) atoms. The molecule has 0 amide bonds. The maximum absolute atomic E-state index is 13.2. The van der Waals surface area contributed by atoms with Gasteiger partial charge in [-0.2, -0.15) is 0 Å². The van der Waals surface area contributed by atoms with Crippen LogP contribution in [0.15, 0.2) is 42.5 Å². The Morgan fingerprint density at radius 2 is 1.71 bits per heavy atom. The van der Waals surface area contributed by atoms with E-state index in [1.807, 2.05) is 12.1 Å². The van der Waals surface area contributed by atoms with E-state index in [0.717, 1.165) is 11.3 Å². The zero-order chi connectivity index (χ0) is 12.3. The number of anilines is 1. The summed E-state index contributed by atoms with van der Waals surface area (Å²) >= 11 is 11.4. The Hall–Kier alpha value is -1.25. The molecular formula is C13H10Cl2FN. The van der Waals surface area contributed by atoms with Gasteiger partial charge >= 0.3 is 0 Å². The van der Waals surface area contributed by atoms with Gasteiger partial charge in [-0.15, -0.1) is 0 Å². The summed E-state index contributed by atoms with van der Waals surface area (Å²) in [6.45, 7) is 0.537. The van der Waals surface area contributed by atoms with E-state index >= 15 is 0 Å². The third-order valence-corrected chi connectivity index (χ3v) is 2.88. The van der Waals surface area contributed by atoms with Gasteiger partial charge in [0.2, 0.25) is 0 Å². The molecule has 0 spiro atoms. The normalized spacial score (nSPS) is 10.3. The second-order valence-corrected chi connectivity index (χ2v) is 4.45. The summed E-state index contributed by atoms with van der Waals surface area (Å²) in [5, 5.41) is 3.99. The lowest BCUT2D eigenvalue weighted by Gasteiger charge is -2.07. The van der Waals surface area contributed by atoms with E-state index in [1.54, 1.807) is 24.3 Å². The van der Waals surface area contributed by atoms with E-state index in [4.69, 9.17) is 23.2 Å². The van der Waals surface area contributed by atoms with Crippen LogP contribution in [0.2, 0.25) is 10.0 Å². The maximum atomic E-state index is 13.2. The van der Waals surface area contributed by atoms with Crippen molar-refractivity contribution in [2.45, 2.75) is 6.54 Å². The first-order valence-electron chi connectivity index (χ1n) is 5.08. The van der Waals surface area contributed by atoms with Crippen molar-refractivity contribution in [3.8, 4) is 0 Å². The summed E-state index contributed by atoms with van der Waals surface area (Å²) in [5.74, 6) is -0.401. The van der Waals surface area contributed by atoms with Crippen molar-refractivity contribution in [2.24, 2.45) is 0 Å². The highest BCUT2D eigenvalue weighted by molar-refractivity contribution is 6.31. The highest BCUT2D eigenvalue weighted by atomic mass is 35.5. The van der Waals surface area contributed by atoms with Gasteiger partial charge in [0.15, 0.2) is 0 Å². The molecule has 1 nitrogen and oxygen atoms in total. The van der Waals surface area contributed by atoms with Crippen molar-refractivity contribution in [1.82, 2.24) is 0 Å². The van der Waals surface area contributed by atoms with E-state index in [0.29, 0.717) is 11.6 Å². The standard InChI is InChI=1S/C13H10Cl2FN/c14-10-2-4-11(5-3-10)17-8-9-1-6-12(15)13(16)7-9/h1-7,17H,8H2. The Bertz CT molecular complexity index is 511.